The van der Waals surface area contributed by atoms with Crippen LogP contribution in [0.3, 0.4) is 0 Å². The Kier molecular flexibility index (Phi) is 7.59. The van der Waals surface area contributed by atoms with Crippen LogP contribution in [-0.2, 0) is 19.7 Å². The monoisotopic (exact) mass is 416 g/mol. The Hall–Kier alpha value is -2.82. The third-order valence-corrected chi connectivity index (χ3v) is 5.92. The molecule has 1 aliphatic heterocycles. The van der Waals surface area contributed by atoms with Crippen LogP contribution in [0, 0.1) is 0 Å². The molecule has 0 bridgehead atoms. The molecule has 0 atom stereocenters. The van der Waals surface area contributed by atoms with Gasteiger partial charge >= 0.3 is 0 Å². The highest BCUT2D eigenvalue weighted by Gasteiger charge is 2.20. The van der Waals surface area contributed by atoms with Crippen molar-refractivity contribution in [1.29, 1.82) is 0 Å². The summed E-state index contributed by atoms with van der Waals surface area (Å²) in [7, 11) is 1.70. The second-order valence-corrected chi connectivity index (χ2v) is 8.14. The highest BCUT2D eigenvalue weighted by Crippen LogP contribution is 2.32. The fourth-order valence-electron chi connectivity index (χ4n) is 4.15. The van der Waals surface area contributed by atoms with Crippen LogP contribution in [0.5, 0.6) is 11.5 Å². The van der Waals surface area contributed by atoms with Crippen molar-refractivity contribution in [1.82, 2.24) is 10.2 Å². The molecule has 0 aliphatic carbocycles. The van der Waals surface area contributed by atoms with Crippen molar-refractivity contribution in [2.75, 3.05) is 20.2 Å². The number of hydrogen-bond acceptors (Lipinski definition) is 4. The topological polar surface area (TPSA) is 33.7 Å². The summed E-state index contributed by atoms with van der Waals surface area (Å²) in [5, 5.41) is 3.75. The molecule has 0 aromatic heterocycles. The van der Waals surface area contributed by atoms with E-state index in [1.807, 2.05) is 30.3 Å². The predicted octanol–water partition coefficient (Wildman–Crippen LogP) is 5.03. The lowest BCUT2D eigenvalue weighted by atomic mass is 10.0. The van der Waals surface area contributed by atoms with Crippen LogP contribution in [0.1, 0.15) is 29.5 Å². The Labute approximate surface area is 185 Å². The van der Waals surface area contributed by atoms with Gasteiger partial charge in [0.25, 0.3) is 0 Å². The van der Waals surface area contributed by atoms with Crippen LogP contribution in [-0.4, -0.2) is 31.1 Å². The molecule has 1 saturated heterocycles. The summed E-state index contributed by atoms with van der Waals surface area (Å²) in [4.78, 5) is 2.55. The molecule has 0 amide bonds. The van der Waals surface area contributed by atoms with E-state index in [4.69, 9.17) is 9.47 Å². The molecule has 4 nitrogen and oxygen atoms in total. The fourth-order valence-corrected chi connectivity index (χ4v) is 4.15. The van der Waals surface area contributed by atoms with E-state index in [1.165, 1.54) is 5.56 Å². The number of rotatable bonds is 9. The van der Waals surface area contributed by atoms with Crippen molar-refractivity contribution in [3.63, 3.8) is 0 Å². The van der Waals surface area contributed by atoms with Crippen LogP contribution in [0.4, 0.5) is 0 Å². The van der Waals surface area contributed by atoms with Crippen molar-refractivity contribution in [2.45, 2.75) is 38.6 Å². The number of hydrogen-bond donors (Lipinski definition) is 1. The Morgan fingerprint density at radius 1 is 0.839 bits per heavy atom. The van der Waals surface area contributed by atoms with Gasteiger partial charge in [0.05, 0.1) is 7.11 Å². The van der Waals surface area contributed by atoms with Crippen molar-refractivity contribution >= 4 is 0 Å². The van der Waals surface area contributed by atoms with E-state index in [0.717, 1.165) is 61.6 Å². The number of nitrogens with one attached hydrogen (secondary N) is 1. The molecule has 0 spiro atoms. The van der Waals surface area contributed by atoms with Gasteiger partial charge in [-0.1, -0.05) is 72.8 Å². The SMILES string of the molecule is COc1cccc(CNC2CCN(Cc3ccccc3)CC2)c1OCc1ccccc1. The maximum atomic E-state index is 6.20. The fraction of sp³-hybridized carbons (Fsp3) is 0.333. The Bertz CT molecular complexity index is 922. The zero-order valence-corrected chi connectivity index (χ0v) is 18.3. The summed E-state index contributed by atoms with van der Waals surface area (Å²) in [5.74, 6) is 1.62. The van der Waals surface area contributed by atoms with E-state index < -0.39 is 0 Å². The maximum Gasteiger partial charge on any atom is 0.166 e. The molecular weight excluding hydrogens is 384 g/mol. The van der Waals surface area contributed by atoms with Crippen LogP contribution in [0.25, 0.3) is 0 Å². The molecule has 4 heteroatoms. The first kappa shape index (κ1) is 21.4. The van der Waals surface area contributed by atoms with E-state index >= 15 is 0 Å². The largest absolute Gasteiger partial charge is 0.493 e. The quantitative estimate of drug-likeness (QED) is 0.531. The smallest absolute Gasteiger partial charge is 0.166 e. The van der Waals surface area contributed by atoms with Crippen molar-refractivity contribution in [3.05, 3.63) is 95.6 Å². The van der Waals surface area contributed by atoms with Gasteiger partial charge in [-0.05, 0) is 43.1 Å². The molecule has 1 N–H and O–H groups in total. The van der Waals surface area contributed by atoms with Crippen LogP contribution < -0.4 is 14.8 Å². The Morgan fingerprint density at radius 2 is 1.52 bits per heavy atom. The number of para-hydroxylation sites is 1. The molecule has 0 unspecified atom stereocenters. The first-order chi connectivity index (χ1) is 15.3. The molecule has 3 aromatic rings. The second-order valence-electron chi connectivity index (χ2n) is 8.14. The van der Waals surface area contributed by atoms with E-state index in [2.05, 4.69) is 58.7 Å². The summed E-state index contributed by atoms with van der Waals surface area (Å²) in [6, 6.07) is 27.6. The lowest BCUT2D eigenvalue weighted by molar-refractivity contribution is 0.189. The van der Waals surface area contributed by atoms with Crippen LogP contribution in [0.2, 0.25) is 0 Å². The number of ether oxygens (including phenoxy) is 2. The Balaban J connectivity index is 1.31. The van der Waals surface area contributed by atoms with Crippen LogP contribution >= 0.6 is 0 Å². The molecule has 4 rings (SSSR count). The van der Waals surface area contributed by atoms with E-state index in [9.17, 15) is 0 Å². The van der Waals surface area contributed by atoms with Gasteiger partial charge in [-0.25, -0.2) is 0 Å². The molecule has 3 aromatic carbocycles. The zero-order valence-electron chi connectivity index (χ0n) is 18.3. The highest BCUT2D eigenvalue weighted by molar-refractivity contribution is 5.46. The third kappa shape index (κ3) is 6.09. The summed E-state index contributed by atoms with van der Waals surface area (Å²) in [6.45, 7) is 4.61. The second kappa shape index (κ2) is 11.0. The van der Waals surface area contributed by atoms with Crippen molar-refractivity contribution in [3.8, 4) is 11.5 Å². The standard InChI is InChI=1S/C27H32N2O2/c1-30-26-14-8-13-24(27(26)31-21-23-11-6-3-7-12-23)19-28-25-15-17-29(18-16-25)20-22-9-4-2-5-10-22/h2-14,25,28H,15-21H2,1H3. The highest BCUT2D eigenvalue weighted by atomic mass is 16.5. The van der Waals surface area contributed by atoms with E-state index in [0.29, 0.717) is 12.6 Å². The molecule has 162 valence electrons. The van der Waals surface area contributed by atoms with Crippen molar-refractivity contribution in [2.24, 2.45) is 0 Å². The first-order valence-corrected chi connectivity index (χ1v) is 11.1. The predicted molar refractivity (Wildman–Crippen MR) is 125 cm³/mol. The minimum absolute atomic E-state index is 0.528. The molecule has 1 aliphatic rings. The summed E-state index contributed by atoms with van der Waals surface area (Å²) < 4.78 is 11.8. The number of methoxy groups -OCH3 is 1. The van der Waals surface area contributed by atoms with Gasteiger partial charge in [-0.15, -0.1) is 0 Å². The lowest BCUT2D eigenvalue weighted by Gasteiger charge is -2.32. The number of nitrogens with zero attached hydrogens (tertiary/aromatic N) is 1. The van der Waals surface area contributed by atoms with Gasteiger partial charge in [0.2, 0.25) is 0 Å². The van der Waals surface area contributed by atoms with Gasteiger partial charge in [0.1, 0.15) is 6.61 Å². The minimum atomic E-state index is 0.528. The third-order valence-electron chi connectivity index (χ3n) is 5.92. The van der Waals surface area contributed by atoms with Gasteiger partial charge in [0, 0.05) is 24.7 Å². The first-order valence-electron chi connectivity index (χ1n) is 11.1. The maximum absolute atomic E-state index is 6.20. The summed E-state index contributed by atoms with van der Waals surface area (Å²) >= 11 is 0. The molecular formula is C27H32N2O2. The average Bonchev–Trinajstić information content (AvgIpc) is 2.83. The normalized spacial score (nSPS) is 15.0. The molecule has 0 saturated carbocycles. The lowest BCUT2D eigenvalue weighted by Crippen LogP contribution is -2.41. The van der Waals surface area contributed by atoms with Gasteiger partial charge in [0.15, 0.2) is 11.5 Å². The van der Waals surface area contributed by atoms with E-state index in [-0.39, 0.29) is 0 Å². The molecule has 0 radical (unpaired) electrons. The molecule has 1 fully saturated rings. The van der Waals surface area contributed by atoms with Crippen LogP contribution in [0.15, 0.2) is 78.9 Å². The average molecular weight is 417 g/mol. The minimum Gasteiger partial charge on any atom is -0.493 e. The Morgan fingerprint density at radius 3 is 2.19 bits per heavy atom. The molecule has 31 heavy (non-hydrogen) atoms. The van der Waals surface area contributed by atoms with Gasteiger partial charge < -0.3 is 14.8 Å². The van der Waals surface area contributed by atoms with Gasteiger partial charge in [-0.2, -0.15) is 0 Å². The van der Waals surface area contributed by atoms with E-state index in [1.54, 1.807) is 7.11 Å². The summed E-state index contributed by atoms with van der Waals surface area (Å²) in [5.41, 5.74) is 3.69. The zero-order chi connectivity index (χ0) is 21.3. The number of piperidine rings is 1. The summed E-state index contributed by atoms with van der Waals surface area (Å²) in [6.07, 6.45) is 2.33. The number of likely N-dealkylation sites (tertiary alicyclic amines) is 1. The van der Waals surface area contributed by atoms with Gasteiger partial charge in [-0.3, -0.25) is 4.90 Å². The number of benzene rings is 3. The molecule has 1 heterocycles. The van der Waals surface area contributed by atoms with Crippen molar-refractivity contribution < 1.29 is 9.47 Å².